The van der Waals surface area contributed by atoms with Crippen molar-refractivity contribution >= 4 is 29.9 Å². The average Bonchev–Trinajstić information content (AvgIpc) is 2.98. The Balaban J connectivity index is 0.00000385. The summed E-state index contributed by atoms with van der Waals surface area (Å²) >= 11 is 0. The van der Waals surface area contributed by atoms with E-state index in [0.29, 0.717) is 12.6 Å². The predicted molar refractivity (Wildman–Crippen MR) is 146 cm³/mol. The summed E-state index contributed by atoms with van der Waals surface area (Å²) in [4.78, 5) is 7.32. The van der Waals surface area contributed by atoms with Crippen molar-refractivity contribution in [1.29, 1.82) is 0 Å². The fraction of sp³-hybridized carbons (Fsp3) is 0.600. The molecule has 33 heavy (non-hydrogen) atoms. The van der Waals surface area contributed by atoms with Gasteiger partial charge in [-0.05, 0) is 57.7 Å². The lowest BCUT2D eigenvalue weighted by Crippen LogP contribution is -2.43. The van der Waals surface area contributed by atoms with Crippen LogP contribution in [0.3, 0.4) is 0 Å². The van der Waals surface area contributed by atoms with Crippen LogP contribution in [0.4, 0.5) is 0 Å². The molecule has 2 N–H and O–H groups in total. The molecule has 0 radical (unpaired) electrons. The summed E-state index contributed by atoms with van der Waals surface area (Å²) < 4.78 is 7.62. The van der Waals surface area contributed by atoms with Crippen LogP contribution in [0.25, 0.3) is 0 Å². The minimum absolute atomic E-state index is 0. The second kappa shape index (κ2) is 13.3. The highest BCUT2D eigenvalue weighted by molar-refractivity contribution is 14.0. The molecule has 7 nitrogen and oxygen atoms in total. The lowest BCUT2D eigenvalue weighted by atomic mass is 10.1. The number of hydrogen-bond acceptors (Lipinski definition) is 4. The minimum Gasteiger partial charge on any atom is -0.376 e. The molecule has 1 aromatic carbocycles. The molecule has 0 bridgehead atoms. The molecule has 0 spiro atoms. The number of hydrogen-bond donors (Lipinski definition) is 2. The molecule has 0 aliphatic carbocycles. The Labute approximate surface area is 216 Å². The van der Waals surface area contributed by atoms with E-state index in [1.807, 2.05) is 11.7 Å². The maximum atomic E-state index is 5.66. The van der Waals surface area contributed by atoms with E-state index in [4.69, 9.17) is 9.73 Å². The molecule has 0 saturated carbocycles. The molecule has 2 aromatic rings. The number of aromatic nitrogens is 2. The largest absolute Gasteiger partial charge is 0.376 e. The van der Waals surface area contributed by atoms with E-state index in [-0.39, 0.29) is 30.0 Å². The minimum atomic E-state index is 0. The Morgan fingerprint density at radius 2 is 2.06 bits per heavy atom. The van der Waals surface area contributed by atoms with E-state index in [9.17, 15) is 0 Å². The highest BCUT2D eigenvalue weighted by atomic mass is 127. The Morgan fingerprint density at radius 3 is 2.73 bits per heavy atom. The summed E-state index contributed by atoms with van der Waals surface area (Å²) in [7, 11) is 2.00. The monoisotopic (exact) mass is 568 g/mol. The van der Waals surface area contributed by atoms with Crippen LogP contribution in [0.2, 0.25) is 0 Å². The predicted octanol–water partition coefficient (Wildman–Crippen LogP) is 3.56. The first-order chi connectivity index (χ1) is 15.4. The molecule has 1 aliphatic heterocycles. The van der Waals surface area contributed by atoms with Crippen molar-refractivity contribution < 1.29 is 4.74 Å². The fourth-order valence-corrected chi connectivity index (χ4v) is 4.31. The van der Waals surface area contributed by atoms with Crippen LogP contribution < -0.4 is 10.6 Å². The van der Waals surface area contributed by atoms with Gasteiger partial charge in [0.15, 0.2) is 5.96 Å². The standard InChI is InChI=1S/C25H40N6O.HI/c1-7-26-25(28-18(2)13-24-20(4)29-30(6)21(24)5)27-15-22-9-8-10-23(14-22)17-31-11-12-32-19(3)16-31;/h8-10,14,18-19H,7,11-13,15-17H2,1-6H3,(H2,26,27,28);1H. The first kappa shape index (κ1) is 27.6. The second-order valence-corrected chi connectivity index (χ2v) is 8.95. The van der Waals surface area contributed by atoms with Gasteiger partial charge in [-0.3, -0.25) is 9.58 Å². The molecule has 0 amide bonds. The zero-order chi connectivity index (χ0) is 23.1. The van der Waals surface area contributed by atoms with Gasteiger partial charge in [0, 0.05) is 45.0 Å². The topological polar surface area (TPSA) is 66.7 Å². The van der Waals surface area contributed by atoms with Crippen molar-refractivity contribution in [3.8, 4) is 0 Å². The first-order valence-corrected chi connectivity index (χ1v) is 11.8. The van der Waals surface area contributed by atoms with Gasteiger partial charge in [-0.15, -0.1) is 24.0 Å². The van der Waals surface area contributed by atoms with Crippen LogP contribution in [-0.2, 0) is 31.3 Å². The number of rotatable bonds is 8. The van der Waals surface area contributed by atoms with Gasteiger partial charge in [-0.2, -0.15) is 5.10 Å². The van der Waals surface area contributed by atoms with E-state index in [1.54, 1.807) is 0 Å². The van der Waals surface area contributed by atoms with E-state index in [1.165, 1.54) is 22.4 Å². The van der Waals surface area contributed by atoms with E-state index in [2.05, 4.69) is 79.5 Å². The van der Waals surface area contributed by atoms with Gasteiger partial charge in [0.05, 0.1) is 24.9 Å². The van der Waals surface area contributed by atoms with Crippen molar-refractivity contribution in [2.45, 2.75) is 66.3 Å². The van der Waals surface area contributed by atoms with Crippen LogP contribution >= 0.6 is 24.0 Å². The molecule has 3 rings (SSSR count). The number of nitrogens with one attached hydrogen (secondary N) is 2. The van der Waals surface area contributed by atoms with Gasteiger partial charge < -0.3 is 15.4 Å². The van der Waals surface area contributed by atoms with Gasteiger partial charge in [-0.1, -0.05) is 24.3 Å². The van der Waals surface area contributed by atoms with Crippen LogP contribution in [0.15, 0.2) is 29.3 Å². The summed E-state index contributed by atoms with van der Waals surface area (Å²) in [5, 5.41) is 11.5. The van der Waals surface area contributed by atoms with Crippen molar-refractivity contribution in [3.63, 3.8) is 0 Å². The Kier molecular flexibility index (Phi) is 11.1. The highest BCUT2D eigenvalue weighted by Gasteiger charge is 2.17. The number of benzene rings is 1. The molecule has 2 heterocycles. The van der Waals surface area contributed by atoms with Crippen LogP contribution in [-0.4, -0.2) is 59.0 Å². The third-order valence-corrected chi connectivity index (χ3v) is 6.04. The second-order valence-electron chi connectivity index (χ2n) is 8.95. The van der Waals surface area contributed by atoms with Crippen LogP contribution in [0.1, 0.15) is 48.8 Å². The van der Waals surface area contributed by atoms with Gasteiger partial charge in [0.1, 0.15) is 0 Å². The maximum Gasteiger partial charge on any atom is 0.191 e. The van der Waals surface area contributed by atoms with Crippen molar-refractivity contribution in [2.75, 3.05) is 26.2 Å². The molecular formula is C25H41IN6O. The van der Waals surface area contributed by atoms with Gasteiger partial charge in [0.25, 0.3) is 0 Å². The quantitative estimate of drug-likeness (QED) is 0.290. The number of ether oxygens (including phenoxy) is 1. The first-order valence-electron chi connectivity index (χ1n) is 11.8. The lowest BCUT2D eigenvalue weighted by molar-refractivity contribution is -0.0212. The number of nitrogens with zero attached hydrogens (tertiary/aromatic N) is 4. The highest BCUT2D eigenvalue weighted by Crippen LogP contribution is 2.15. The number of aryl methyl sites for hydroxylation is 2. The molecule has 1 saturated heterocycles. The number of halogens is 1. The molecule has 184 valence electrons. The fourth-order valence-electron chi connectivity index (χ4n) is 4.31. The zero-order valence-corrected chi connectivity index (χ0v) is 23.3. The van der Waals surface area contributed by atoms with Crippen molar-refractivity contribution in [2.24, 2.45) is 12.0 Å². The van der Waals surface area contributed by atoms with Gasteiger partial charge in [-0.25, -0.2) is 4.99 Å². The third-order valence-electron chi connectivity index (χ3n) is 6.04. The van der Waals surface area contributed by atoms with Gasteiger partial charge in [0.2, 0.25) is 0 Å². The molecule has 1 aromatic heterocycles. The average molecular weight is 569 g/mol. The maximum absolute atomic E-state index is 5.66. The van der Waals surface area contributed by atoms with Gasteiger partial charge >= 0.3 is 0 Å². The summed E-state index contributed by atoms with van der Waals surface area (Å²) in [6, 6.07) is 9.03. The molecule has 1 aliphatic rings. The van der Waals surface area contributed by atoms with E-state index < -0.39 is 0 Å². The van der Waals surface area contributed by atoms with Crippen molar-refractivity contribution in [1.82, 2.24) is 25.3 Å². The normalized spacial score (nSPS) is 18.0. The van der Waals surface area contributed by atoms with Crippen LogP contribution in [0.5, 0.6) is 0 Å². The Hall–Kier alpha value is -1.65. The Bertz CT molecular complexity index is 912. The summed E-state index contributed by atoms with van der Waals surface area (Å²) in [6.07, 6.45) is 1.23. The number of morpholine rings is 1. The summed E-state index contributed by atoms with van der Waals surface area (Å²) in [5.41, 5.74) is 6.21. The molecule has 2 atom stereocenters. The van der Waals surface area contributed by atoms with E-state index >= 15 is 0 Å². The smallest absolute Gasteiger partial charge is 0.191 e. The Morgan fingerprint density at radius 1 is 1.30 bits per heavy atom. The summed E-state index contributed by atoms with van der Waals surface area (Å²) in [6.45, 7) is 15.9. The molecule has 1 fully saturated rings. The van der Waals surface area contributed by atoms with E-state index in [0.717, 1.165) is 50.9 Å². The molecule has 2 unspecified atom stereocenters. The zero-order valence-electron chi connectivity index (χ0n) is 21.0. The van der Waals surface area contributed by atoms with Crippen molar-refractivity contribution in [3.05, 3.63) is 52.3 Å². The molecule has 8 heteroatoms. The SMILES string of the molecule is CCNC(=NCc1cccc(CN2CCOC(C)C2)c1)NC(C)Cc1c(C)nn(C)c1C.I. The molecular weight excluding hydrogens is 527 g/mol. The number of aliphatic imine (C=N–C) groups is 1. The third kappa shape index (κ3) is 8.26. The number of guanidine groups is 1. The summed E-state index contributed by atoms with van der Waals surface area (Å²) in [5.74, 6) is 0.853. The lowest BCUT2D eigenvalue weighted by Gasteiger charge is -2.31. The van der Waals surface area contributed by atoms with Crippen LogP contribution in [0, 0.1) is 13.8 Å².